The zero-order valence-electron chi connectivity index (χ0n) is 38.5. The van der Waals surface area contributed by atoms with Crippen LogP contribution in [0.4, 0.5) is 0 Å². The van der Waals surface area contributed by atoms with E-state index >= 15 is 9.59 Å². The number of carbonyl (C=O) groups excluding carboxylic acids is 5. The Kier molecular flexibility index (Phi) is 10.6. The van der Waals surface area contributed by atoms with Gasteiger partial charge in [0, 0.05) is 40.3 Å². The fourth-order valence-corrected chi connectivity index (χ4v) is 10.6. The van der Waals surface area contributed by atoms with Gasteiger partial charge in [0.15, 0.2) is 64.3 Å². The van der Waals surface area contributed by atoms with E-state index in [0.29, 0.717) is 12.1 Å². The van der Waals surface area contributed by atoms with Gasteiger partial charge in [-0.3, -0.25) is 0 Å². The first-order valence-electron chi connectivity index (χ1n) is 22.4. The molecule has 16 N–H and O–H groups in total. The third kappa shape index (κ3) is 6.64. The number of hydrogen-bond acceptors (Lipinski definition) is 28. The number of hydrogen-bond donors (Lipinski definition) is 16. The number of cyclic esters (lactones) is 4. The number of aromatic hydroxyl groups is 12. The summed E-state index contributed by atoms with van der Waals surface area (Å²) in [6.07, 6.45) is -14.8. The van der Waals surface area contributed by atoms with Gasteiger partial charge in [-0.2, -0.15) is 0 Å². The average Bonchev–Trinajstić information content (AvgIpc) is 2.28. The number of phenols is 12. The SMILES string of the molecule is O=C1O[C@@H]2[C@H]([C@@H]3OC(=O)c4cc(O)c(O)c(O)c4-c4c(cc(O)c(O)c4O)C(=O)OC[C@H]3O)OC(=O)c3cc(O)c(O)c(O)c3C3=C1[C@@]1(Oc4cc(O)c5c(c4[C@H]21)O[C@H](c1ccc(O)c(O)c1)[C@H](O)C5)C(=O)O[C@]3(O)C(=O)O. The standard InChI is InChI=1S/C49H34O29/c50-15-2-1-10(3-17(15)52)37-21(56)4-11-16(51)8-23-27(38(11)73-37)29-40-41(39-22(57)9-72-42(64)12-5-18(53)31(58)34(61)24(12)25-13(43(65)74-39)6-19(54)32(59)35(25)62)76-44(66)14-7-20(55)33(60)36(63)26(14)28-30(45(67)75-40)48(29,77-23)47(70)78-49(28,71)46(68)69/h1-3,5-8,21-22,29,37,39-41,50-63,71H,4,9H2,(H,68,69)/t21-,22-,29-,37-,39-,40+,41+,48-,49+/m1/s1. The Morgan fingerprint density at radius 2 is 1.06 bits per heavy atom. The quantitative estimate of drug-likeness (QED) is 0.0646. The Balaban J connectivity index is 1.21. The Bertz CT molecular complexity index is 3670. The van der Waals surface area contributed by atoms with Gasteiger partial charge >= 0.3 is 41.6 Å². The van der Waals surface area contributed by atoms with E-state index in [1.807, 2.05) is 0 Å². The molecular weight excluding hydrogens is 1050 g/mol. The molecule has 11 rings (SSSR count). The monoisotopic (exact) mass is 1090 g/mol. The molecule has 0 aliphatic carbocycles. The highest BCUT2D eigenvalue weighted by atomic mass is 16.7. The number of aliphatic hydroxyl groups excluding tert-OH is 2. The highest BCUT2D eigenvalue weighted by Gasteiger charge is 2.76. The average molecular weight is 1090 g/mol. The summed E-state index contributed by atoms with van der Waals surface area (Å²) in [6, 6.07) is 5.01. The molecule has 29 nitrogen and oxygen atoms in total. The molecule has 0 unspecified atom stereocenters. The molecule has 29 heteroatoms. The molecule has 2 bridgehead atoms. The second-order valence-corrected chi connectivity index (χ2v) is 18.4. The van der Waals surface area contributed by atoms with Crippen LogP contribution in [0.2, 0.25) is 0 Å². The van der Waals surface area contributed by atoms with Crippen molar-refractivity contribution in [1.82, 2.24) is 0 Å². The molecule has 5 aromatic rings. The van der Waals surface area contributed by atoms with Gasteiger partial charge in [0.1, 0.15) is 41.6 Å². The second kappa shape index (κ2) is 16.6. The van der Waals surface area contributed by atoms with E-state index < -0.39 is 233 Å². The lowest BCUT2D eigenvalue weighted by molar-refractivity contribution is -0.226. The summed E-state index contributed by atoms with van der Waals surface area (Å²) in [5.74, 6) is -35.4. The number of benzene rings is 5. The minimum absolute atomic E-state index is 0.0720. The van der Waals surface area contributed by atoms with E-state index in [0.717, 1.165) is 18.2 Å². The zero-order valence-corrected chi connectivity index (χ0v) is 38.5. The van der Waals surface area contributed by atoms with Gasteiger partial charge in [0.05, 0.1) is 34.3 Å². The van der Waals surface area contributed by atoms with Crippen LogP contribution in [-0.2, 0) is 44.5 Å². The highest BCUT2D eigenvalue weighted by Crippen LogP contribution is 2.65. The fraction of sp³-hybridized carbons (Fsp3) is 0.224. The molecule has 0 radical (unpaired) electrons. The lowest BCUT2D eigenvalue weighted by Gasteiger charge is -2.49. The Labute approximate surface area is 429 Å². The molecule has 1 spiro atoms. The molecule has 0 saturated carbocycles. The molecule has 0 aromatic heterocycles. The summed E-state index contributed by atoms with van der Waals surface area (Å²) in [4.78, 5) is 87.2. The summed E-state index contributed by atoms with van der Waals surface area (Å²) in [7, 11) is 0. The third-order valence-corrected chi connectivity index (χ3v) is 14.1. The maximum Gasteiger partial charge on any atom is 0.382 e. The van der Waals surface area contributed by atoms with Crippen LogP contribution in [0.5, 0.6) is 80.5 Å². The van der Waals surface area contributed by atoms with Crippen LogP contribution in [-0.4, -0.2) is 166 Å². The van der Waals surface area contributed by atoms with Crippen LogP contribution in [0, 0.1) is 0 Å². The van der Waals surface area contributed by atoms with Crippen molar-refractivity contribution in [2.45, 2.75) is 60.4 Å². The lowest BCUT2D eigenvalue weighted by Crippen LogP contribution is -2.68. The van der Waals surface area contributed by atoms with E-state index in [-0.39, 0.29) is 17.2 Å². The summed E-state index contributed by atoms with van der Waals surface area (Å²) in [5, 5.41) is 176. The van der Waals surface area contributed by atoms with Crippen LogP contribution >= 0.6 is 0 Å². The molecule has 78 heavy (non-hydrogen) atoms. The van der Waals surface area contributed by atoms with Crippen LogP contribution in [0.3, 0.4) is 0 Å². The van der Waals surface area contributed by atoms with Crippen molar-refractivity contribution in [3.8, 4) is 91.6 Å². The van der Waals surface area contributed by atoms with Gasteiger partial charge < -0.3 is 115 Å². The molecule has 1 fully saturated rings. The summed E-state index contributed by atoms with van der Waals surface area (Å²) in [6.45, 7) is -1.46. The Morgan fingerprint density at radius 1 is 0.526 bits per heavy atom. The fourth-order valence-electron chi connectivity index (χ4n) is 10.6. The first kappa shape index (κ1) is 49.9. The van der Waals surface area contributed by atoms with E-state index in [4.69, 9.17) is 33.2 Å². The first-order valence-corrected chi connectivity index (χ1v) is 22.4. The van der Waals surface area contributed by atoms with Gasteiger partial charge in [-0.15, -0.1) is 0 Å². The molecule has 1 saturated heterocycles. The van der Waals surface area contributed by atoms with Crippen molar-refractivity contribution in [1.29, 1.82) is 0 Å². The highest BCUT2D eigenvalue weighted by molar-refractivity contribution is 6.18. The first-order chi connectivity index (χ1) is 36.7. The normalized spacial score (nSPS) is 26.8. The minimum atomic E-state index is -4.21. The number of aliphatic hydroxyl groups is 3. The van der Waals surface area contributed by atoms with E-state index in [9.17, 15) is 101 Å². The minimum Gasteiger partial charge on any atom is -0.507 e. The van der Waals surface area contributed by atoms with Crippen LogP contribution in [0.1, 0.15) is 65.3 Å². The van der Waals surface area contributed by atoms with Gasteiger partial charge in [-0.25, -0.2) is 28.8 Å². The van der Waals surface area contributed by atoms with Crippen molar-refractivity contribution in [2.24, 2.45) is 0 Å². The van der Waals surface area contributed by atoms with Crippen molar-refractivity contribution < 1.29 is 144 Å². The number of rotatable bonds is 3. The number of carboxylic acids is 1. The van der Waals surface area contributed by atoms with E-state index in [2.05, 4.69) is 0 Å². The molecule has 6 heterocycles. The molecule has 5 aromatic carbocycles. The topological polar surface area (TPSA) is 491 Å². The second-order valence-electron chi connectivity index (χ2n) is 18.4. The Morgan fingerprint density at radius 3 is 1.64 bits per heavy atom. The summed E-state index contributed by atoms with van der Waals surface area (Å²) < 4.78 is 40.7. The number of ether oxygens (including phenoxy) is 7. The van der Waals surface area contributed by atoms with Gasteiger partial charge in [-0.1, -0.05) is 6.07 Å². The van der Waals surface area contributed by atoms with Crippen molar-refractivity contribution in [3.05, 3.63) is 87.0 Å². The van der Waals surface area contributed by atoms with Crippen molar-refractivity contribution in [2.75, 3.05) is 6.61 Å². The predicted molar refractivity (Wildman–Crippen MR) is 241 cm³/mol. The largest absolute Gasteiger partial charge is 0.507 e. The summed E-state index contributed by atoms with van der Waals surface area (Å²) >= 11 is 0. The Hall–Kier alpha value is -10.3. The molecule has 6 aliphatic heterocycles. The van der Waals surface area contributed by atoms with Crippen molar-refractivity contribution >= 4 is 41.4 Å². The number of carboxylic acid groups (broad SMARTS) is 1. The molecule has 9 atom stereocenters. The zero-order chi connectivity index (χ0) is 56.3. The predicted octanol–water partition coefficient (Wildman–Crippen LogP) is 0.0778. The number of esters is 5. The third-order valence-electron chi connectivity index (χ3n) is 14.1. The number of fused-ring (bicyclic) bond motifs is 12. The lowest BCUT2D eigenvalue weighted by atomic mass is 9.66. The molecular formula is C49H34O29. The van der Waals surface area contributed by atoms with E-state index in [1.54, 1.807) is 0 Å². The number of phenolic OH excluding ortho intramolecular Hbond substituents is 12. The number of carbonyl (C=O) groups is 6. The smallest absolute Gasteiger partial charge is 0.382 e. The molecule has 0 amide bonds. The van der Waals surface area contributed by atoms with E-state index in [1.165, 1.54) is 6.07 Å². The molecule has 6 aliphatic rings. The molecule has 404 valence electrons. The van der Waals surface area contributed by atoms with Crippen molar-refractivity contribution in [3.63, 3.8) is 0 Å². The maximum absolute atomic E-state index is 15.1. The van der Waals surface area contributed by atoms with Crippen LogP contribution in [0.25, 0.3) is 16.7 Å². The van der Waals surface area contributed by atoms with Crippen LogP contribution < -0.4 is 9.47 Å². The van der Waals surface area contributed by atoms with Crippen LogP contribution in [0.15, 0.2) is 48.0 Å². The maximum atomic E-state index is 15.1. The van der Waals surface area contributed by atoms with Gasteiger partial charge in [0.25, 0.3) is 0 Å². The summed E-state index contributed by atoms with van der Waals surface area (Å²) in [5.41, 5.74) is -14.8. The number of aliphatic carboxylic acids is 1. The van der Waals surface area contributed by atoms with Gasteiger partial charge in [0.2, 0.25) is 22.8 Å². The van der Waals surface area contributed by atoms with Gasteiger partial charge in [-0.05, 0) is 35.9 Å².